The van der Waals surface area contributed by atoms with E-state index in [1.165, 1.54) is 0 Å². The molecular formula is H8Bi2O2. The van der Waals surface area contributed by atoms with Crippen molar-refractivity contribution in [1.82, 2.24) is 0 Å². The fourth-order valence-electron chi connectivity index (χ4n) is 0. The Kier molecular flexibility index (Phi) is 96.9. The Morgan fingerprint density at radius 2 is 0.750 bits per heavy atom. The zero-order valence-corrected chi connectivity index (χ0v) is 13.3. The Morgan fingerprint density at radius 1 is 0.750 bits per heavy atom. The first kappa shape index (κ1) is 17.3. The predicted octanol–water partition coefficient (Wildman–Crippen LogP) is -2.35. The van der Waals surface area contributed by atoms with Crippen LogP contribution in [0.25, 0.3) is 0 Å². The van der Waals surface area contributed by atoms with E-state index in [2.05, 4.69) is 0 Å². The second-order valence-corrected chi connectivity index (χ2v) is 0. The van der Waals surface area contributed by atoms with Crippen LogP contribution in [0.4, 0.5) is 0 Å². The van der Waals surface area contributed by atoms with Crippen LogP contribution in [0.3, 0.4) is 0 Å². The summed E-state index contributed by atoms with van der Waals surface area (Å²) < 4.78 is 0. The third kappa shape index (κ3) is 9.35. The topological polar surface area (TPSA) is 40.5 Å². The van der Waals surface area contributed by atoms with Crippen molar-refractivity contribution in [3.8, 4) is 0 Å². The Bertz CT molecular complexity index is 4.00. The Hall–Kier alpha value is 1.69. The molecule has 0 aliphatic carbocycles. The summed E-state index contributed by atoms with van der Waals surface area (Å²) in [7, 11) is 0. The van der Waals surface area contributed by atoms with E-state index in [-0.39, 0.29) is 52.4 Å². The molecule has 0 spiro atoms. The number of hydrogen-bond donors (Lipinski definition) is 2. The molecule has 0 aromatic rings. The molecule has 0 aliphatic heterocycles. The van der Waals surface area contributed by atoms with E-state index in [4.69, 9.17) is 10.5 Å². The summed E-state index contributed by atoms with van der Waals surface area (Å²) in [5, 5.41) is 12.0. The quantitative estimate of drug-likeness (QED) is 0.243. The first-order chi connectivity index (χ1) is 1.00. The van der Waals surface area contributed by atoms with Gasteiger partial charge in [0.15, 0.2) is 0 Å². The summed E-state index contributed by atoms with van der Waals surface area (Å²) in [6, 6.07) is 0. The fourth-order valence-corrected chi connectivity index (χ4v) is 0. The molecule has 0 aromatic heterocycles. The maximum atomic E-state index is 6.00. The zero-order valence-electron chi connectivity index (χ0n) is 2.31. The van der Waals surface area contributed by atoms with E-state index in [1.807, 2.05) is 0 Å². The van der Waals surface area contributed by atoms with Gasteiger partial charge in [0.05, 0.1) is 0 Å². The van der Waals surface area contributed by atoms with Crippen molar-refractivity contribution < 1.29 is 10.5 Å². The van der Waals surface area contributed by atoms with Crippen LogP contribution in [0, 0.1) is 0 Å². The van der Waals surface area contributed by atoms with Crippen molar-refractivity contribution in [3.63, 3.8) is 0 Å². The van der Waals surface area contributed by atoms with Crippen molar-refractivity contribution in [3.05, 3.63) is 0 Å². The predicted molar refractivity (Wildman–Crippen MR) is 25.1 cm³/mol. The van der Waals surface area contributed by atoms with E-state index >= 15 is 0 Å². The van der Waals surface area contributed by atoms with Crippen LogP contribution >= 0.6 is 0 Å². The van der Waals surface area contributed by atoms with E-state index in [1.54, 1.807) is 0 Å². The van der Waals surface area contributed by atoms with Gasteiger partial charge in [0.25, 0.3) is 0 Å². The summed E-state index contributed by atoms with van der Waals surface area (Å²) in [6.45, 7) is 0. The molecule has 0 heterocycles. The molecule has 0 amide bonds. The molecule has 4 heteroatoms. The second-order valence-electron chi connectivity index (χ2n) is 0. The van der Waals surface area contributed by atoms with E-state index < -0.39 is 0 Å². The first-order valence-corrected chi connectivity index (χ1v) is 0.200. The Morgan fingerprint density at radius 3 is 0.750 bits per heavy atom. The minimum atomic E-state index is 0. The Labute approximate surface area is 62.4 Å². The zero-order chi connectivity index (χ0) is 2.00. The van der Waals surface area contributed by atoms with Gasteiger partial charge in [0.1, 0.15) is 0 Å². The van der Waals surface area contributed by atoms with Crippen LogP contribution in [0.2, 0.25) is 0 Å². The van der Waals surface area contributed by atoms with E-state index in [9.17, 15) is 0 Å². The maximum absolute atomic E-state index is 6.00. The van der Waals surface area contributed by atoms with Crippen LogP contribution in [0.15, 0.2) is 0 Å². The summed E-state index contributed by atoms with van der Waals surface area (Å²) in [4.78, 5) is 0. The molecule has 0 fully saturated rings. The van der Waals surface area contributed by atoms with Gasteiger partial charge < -0.3 is 0 Å². The molecule has 2 N–H and O–H groups in total. The molecule has 0 radical (unpaired) electrons. The van der Waals surface area contributed by atoms with Gasteiger partial charge in [0.2, 0.25) is 0 Å². The molecule has 0 bridgehead atoms. The standard InChI is InChI=1S/2Bi.H2O2.6H/c;;1-2;;;;;;/h;;1-2H;;;;;;. The van der Waals surface area contributed by atoms with Crippen LogP contribution in [-0.4, -0.2) is 62.9 Å². The van der Waals surface area contributed by atoms with Gasteiger partial charge >= 0.3 is 52.4 Å². The van der Waals surface area contributed by atoms with Gasteiger partial charge in [-0.05, 0) is 0 Å². The average molecular weight is 458 g/mol. The molecule has 0 aliphatic rings. The molecule has 30 valence electrons. The first-order valence-electron chi connectivity index (χ1n) is 0.200. The summed E-state index contributed by atoms with van der Waals surface area (Å²) in [5.41, 5.74) is 0. The molecule has 0 rings (SSSR count). The molecule has 0 unspecified atom stereocenters. The van der Waals surface area contributed by atoms with Crippen LogP contribution in [0.5, 0.6) is 0 Å². The SMILES string of the molecule is OO.[BiH3].[BiH3]. The van der Waals surface area contributed by atoms with Gasteiger partial charge in [-0.2, -0.15) is 0 Å². The van der Waals surface area contributed by atoms with Crippen molar-refractivity contribution in [2.24, 2.45) is 0 Å². The normalized spacial score (nSPS) is 1.50. The summed E-state index contributed by atoms with van der Waals surface area (Å²) in [6.07, 6.45) is 0. The molecule has 0 aromatic carbocycles. The van der Waals surface area contributed by atoms with E-state index in [0.717, 1.165) is 0 Å². The molecular weight excluding hydrogens is 450 g/mol. The second kappa shape index (κ2) is 22.4. The molecule has 0 saturated heterocycles. The summed E-state index contributed by atoms with van der Waals surface area (Å²) >= 11 is 0. The van der Waals surface area contributed by atoms with Gasteiger partial charge in [-0.15, -0.1) is 0 Å². The van der Waals surface area contributed by atoms with Crippen LogP contribution in [-0.2, 0) is 0 Å². The third-order valence-electron chi connectivity index (χ3n) is 0. The molecule has 4 heavy (non-hydrogen) atoms. The number of rotatable bonds is 0. The van der Waals surface area contributed by atoms with Crippen molar-refractivity contribution in [2.45, 2.75) is 0 Å². The van der Waals surface area contributed by atoms with Gasteiger partial charge in [-0.25, -0.2) is 0 Å². The summed E-state index contributed by atoms with van der Waals surface area (Å²) in [5.74, 6) is 0. The van der Waals surface area contributed by atoms with Crippen molar-refractivity contribution in [1.29, 1.82) is 0 Å². The Balaban J connectivity index is -0.00000000500. The van der Waals surface area contributed by atoms with Crippen molar-refractivity contribution in [2.75, 3.05) is 0 Å². The molecule has 2 nitrogen and oxygen atoms in total. The molecule has 0 atom stereocenters. The van der Waals surface area contributed by atoms with Crippen molar-refractivity contribution >= 4 is 52.4 Å². The van der Waals surface area contributed by atoms with Gasteiger partial charge in [-0.3, -0.25) is 10.5 Å². The van der Waals surface area contributed by atoms with Crippen LogP contribution < -0.4 is 0 Å². The van der Waals surface area contributed by atoms with Crippen LogP contribution in [0.1, 0.15) is 0 Å². The van der Waals surface area contributed by atoms with Gasteiger partial charge in [0, 0.05) is 0 Å². The number of hydrogen-bond acceptors (Lipinski definition) is 2. The third-order valence-corrected chi connectivity index (χ3v) is 0. The minimum absolute atomic E-state index is 0. The monoisotopic (exact) mass is 458 g/mol. The van der Waals surface area contributed by atoms with Gasteiger partial charge in [-0.1, -0.05) is 0 Å². The van der Waals surface area contributed by atoms with E-state index in [0.29, 0.717) is 0 Å². The average Bonchev–Trinajstić information content (AvgIpc) is 1.00. The molecule has 0 saturated carbocycles. The fraction of sp³-hybridized carbons (Fsp3) is 0.